The standard InChI is InChI=1S/C14H25NO4/c1-7-18-11(16)10-8-15(9-14(10,5)6)12(17)19-13(2,3)4/h10H,7-9H2,1-6H3. The Balaban J connectivity index is 2.72. The molecule has 1 aliphatic rings. The molecule has 1 aliphatic heterocycles. The highest BCUT2D eigenvalue weighted by molar-refractivity contribution is 5.77. The summed E-state index contributed by atoms with van der Waals surface area (Å²) in [6, 6.07) is 0. The number of hydrogen-bond donors (Lipinski definition) is 0. The van der Waals surface area contributed by atoms with Gasteiger partial charge in [0.1, 0.15) is 5.60 Å². The van der Waals surface area contributed by atoms with Crippen molar-refractivity contribution in [3.05, 3.63) is 0 Å². The molecule has 0 radical (unpaired) electrons. The van der Waals surface area contributed by atoms with Crippen LogP contribution in [0.5, 0.6) is 0 Å². The Kier molecular flexibility index (Phi) is 4.48. The number of rotatable bonds is 2. The summed E-state index contributed by atoms with van der Waals surface area (Å²) >= 11 is 0. The number of carbonyl (C=O) groups excluding carboxylic acids is 2. The van der Waals surface area contributed by atoms with Gasteiger partial charge in [0.05, 0.1) is 12.5 Å². The molecule has 1 heterocycles. The normalized spacial score (nSPS) is 22.2. The van der Waals surface area contributed by atoms with Gasteiger partial charge in [0.2, 0.25) is 0 Å². The fourth-order valence-electron chi connectivity index (χ4n) is 2.24. The lowest BCUT2D eigenvalue weighted by atomic mass is 9.82. The van der Waals surface area contributed by atoms with Crippen LogP contribution in [0, 0.1) is 11.3 Å². The summed E-state index contributed by atoms with van der Waals surface area (Å²) in [5.41, 5.74) is -0.813. The number of carbonyl (C=O) groups is 2. The first kappa shape index (κ1) is 15.8. The van der Waals surface area contributed by atoms with E-state index in [9.17, 15) is 9.59 Å². The molecule has 0 aromatic carbocycles. The molecule has 110 valence electrons. The van der Waals surface area contributed by atoms with Gasteiger partial charge in [0, 0.05) is 13.1 Å². The van der Waals surface area contributed by atoms with E-state index in [1.165, 1.54) is 0 Å². The minimum absolute atomic E-state index is 0.237. The van der Waals surface area contributed by atoms with Crippen molar-refractivity contribution < 1.29 is 19.1 Å². The smallest absolute Gasteiger partial charge is 0.410 e. The van der Waals surface area contributed by atoms with Gasteiger partial charge in [-0.1, -0.05) is 13.8 Å². The number of hydrogen-bond acceptors (Lipinski definition) is 4. The van der Waals surface area contributed by atoms with E-state index in [-0.39, 0.29) is 23.4 Å². The van der Waals surface area contributed by atoms with Crippen molar-refractivity contribution in [3.8, 4) is 0 Å². The van der Waals surface area contributed by atoms with Crippen LogP contribution in [-0.2, 0) is 14.3 Å². The van der Waals surface area contributed by atoms with Crippen LogP contribution < -0.4 is 0 Å². The molecule has 1 saturated heterocycles. The lowest BCUT2D eigenvalue weighted by Gasteiger charge is -2.25. The summed E-state index contributed by atoms with van der Waals surface area (Å²) in [6.45, 7) is 12.4. The Hall–Kier alpha value is -1.26. The highest BCUT2D eigenvalue weighted by atomic mass is 16.6. The zero-order chi connectivity index (χ0) is 14.8. The molecule has 1 rings (SSSR count). The molecule has 0 aromatic heterocycles. The summed E-state index contributed by atoms with van der Waals surface area (Å²) in [5, 5.41) is 0. The lowest BCUT2D eigenvalue weighted by molar-refractivity contribution is -0.150. The molecular formula is C14H25NO4. The largest absolute Gasteiger partial charge is 0.466 e. The number of amides is 1. The third-order valence-corrected chi connectivity index (χ3v) is 3.17. The monoisotopic (exact) mass is 271 g/mol. The van der Waals surface area contributed by atoms with Crippen molar-refractivity contribution in [3.63, 3.8) is 0 Å². The topological polar surface area (TPSA) is 55.8 Å². The molecule has 0 N–H and O–H groups in total. The quantitative estimate of drug-likeness (QED) is 0.724. The molecule has 0 aliphatic carbocycles. The van der Waals surface area contributed by atoms with E-state index in [4.69, 9.17) is 9.47 Å². The first-order chi connectivity index (χ1) is 8.57. The molecule has 0 bridgehead atoms. The SMILES string of the molecule is CCOC(=O)C1CN(C(=O)OC(C)(C)C)CC1(C)C. The Morgan fingerprint density at radius 3 is 2.37 bits per heavy atom. The predicted molar refractivity (Wildman–Crippen MR) is 71.7 cm³/mol. The van der Waals surface area contributed by atoms with Gasteiger partial charge in [0.25, 0.3) is 0 Å². The predicted octanol–water partition coefficient (Wildman–Crippen LogP) is 2.44. The number of esters is 1. The minimum Gasteiger partial charge on any atom is -0.466 e. The molecule has 1 fully saturated rings. The van der Waals surface area contributed by atoms with Gasteiger partial charge < -0.3 is 14.4 Å². The molecule has 5 nitrogen and oxygen atoms in total. The summed E-state index contributed by atoms with van der Waals surface area (Å²) in [7, 11) is 0. The summed E-state index contributed by atoms with van der Waals surface area (Å²) < 4.78 is 10.4. The molecule has 1 atom stereocenters. The first-order valence-corrected chi connectivity index (χ1v) is 6.71. The van der Waals surface area contributed by atoms with Crippen LogP contribution >= 0.6 is 0 Å². The molecular weight excluding hydrogens is 246 g/mol. The van der Waals surface area contributed by atoms with Crippen LogP contribution in [-0.4, -0.2) is 42.3 Å². The molecule has 0 aromatic rings. The van der Waals surface area contributed by atoms with Crippen LogP contribution in [0.1, 0.15) is 41.5 Å². The van der Waals surface area contributed by atoms with Crippen molar-refractivity contribution in [1.82, 2.24) is 4.90 Å². The van der Waals surface area contributed by atoms with E-state index < -0.39 is 5.60 Å². The third kappa shape index (κ3) is 4.11. The van der Waals surface area contributed by atoms with Gasteiger partial charge in [-0.05, 0) is 33.1 Å². The second-order valence-corrected chi connectivity index (χ2v) is 6.65. The van der Waals surface area contributed by atoms with Gasteiger partial charge in [-0.25, -0.2) is 4.79 Å². The van der Waals surface area contributed by atoms with E-state index in [0.717, 1.165) is 0 Å². The van der Waals surface area contributed by atoms with Crippen LogP contribution in [0.2, 0.25) is 0 Å². The maximum atomic E-state index is 12.0. The van der Waals surface area contributed by atoms with Crippen molar-refractivity contribution in [2.75, 3.05) is 19.7 Å². The average Bonchev–Trinajstić information content (AvgIpc) is 2.52. The van der Waals surface area contributed by atoms with Gasteiger partial charge in [0.15, 0.2) is 0 Å². The van der Waals surface area contributed by atoms with Crippen molar-refractivity contribution in [2.45, 2.75) is 47.1 Å². The van der Waals surface area contributed by atoms with Crippen molar-refractivity contribution in [1.29, 1.82) is 0 Å². The van der Waals surface area contributed by atoms with Crippen molar-refractivity contribution in [2.24, 2.45) is 11.3 Å². The molecule has 1 unspecified atom stereocenters. The van der Waals surface area contributed by atoms with Crippen LogP contribution in [0.3, 0.4) is 0 Å². The van der Waals surface area contributed by atoms with Gasteiger partial charge in [-0.15, -0.1) is 0 Å². The molecule has 1 amide bonds. The molecule has 0 spiro atoms. The summed E-state index contributed by atoms with van der Waals surface area (Å²) in [5.74, 6) is -0.529. The average molecular weight is 271 g/mol. The van der Waals surface area contributed by atoms with E-state index in [0.29, 0.717) is 19.7 Å². The van der Waals surface area contributed by atoms with E-state index >= 15 is 0 Å². The number of ether oxygens (including phenoxy) is 2. The summed E-state index contributed by atoms with van der Waals surface area (Å²) in [6.07, 6.45) is -0.368. The number of nitrogens with zero attached hydrogens (tertiary/aromatic N) is 1. The van der Waals surface area contributed by atoms with E-state index in [1.54, 1.807) is 11.8 Å². The van der Waals surface area contributed by atoms with Crippen molar-refractivity contribution >= 4 is 12.1 Å². The Morgan fingerprint density at radius 1 is 1.32 bits per heavy atom. The fraction of sp³-hybridized carbons (Fsp3) is 0.857. The molecule has 0 saturated carbocycles. The van der Waals surface area contributed by atoms with E-state index in [1.807, 2.05) is 34.6 Å². The first-order valence-electron chi connectivity index (χ1n) is 6.71. The second-order valence-electron chi connectivity index (χ2n) is 6.65. The van der Waals surface area contributed by atoms with Crippen LogP contribution in [0.4, 0.5) is 4.79 Å². The van der Waals surface area contributed by atoms with Crippen LogP contribution in [0.15, 0.2) is 0 Å². The van der Waals surface area contributed by atoms with Crippen LogP contribution in [0.25, 0.3) is 0 Å². The molecule has 19 heavy (non-hydrogen) atoms. The second kappa shape index (κ2) is 5.39. The lowest BCUT2D eigenvalue weighted by Crippen LogP contribution is -2.36. The summed E-state index contributed by atoms with van der Waals surface area (Å²) in [4.78, 5) is 25.5. The molecule has 5 heteroatoms. The zero-order valence-corrected chi connectivity index (χ0v) is 12.8. The Morgan fingerprint density at radius 2 is 1.89 bits per heavy atom. The van der Waals surface area contributed by atoms with Gasteiger partial charge >= 0.3 is 12.1 Å². The minimum atomic E-state index is -0.525. The van der Waals surface area contributed by atoms with E-state index in [2.05, 4.69) is 0 Å². The van der Waals surface area contributed by atoms with Gasteiger partial charge in [-0.2, -0.15) is 0 Å². The zero-order valence-electron chi connectivity index (χ0n) is 12.8. The number of likely N-dealkylation sites (tertiary alicyclic amines) is 1. The highest BCUT2D eigenvalue weighted by Crippen LogP contribution is 2.36. The van der Waals surface area contributed by atoms with Gasteiger partial charge in [-0.3, -0.25) is 4.79 Å². The Bertz CT molecular complexity index is 357. The third-order valence-electron chi connectivity index (χ3n) is 3.17. The Labute approximate surface area is 115 Å². The maximum absolute atomic E-state index is 12.0. The maximum Gasteiger partial charge on any atom is 0.410 e. The fourth-order valence-corrected chi connectivity index (χ4v) is 2.24. The highest BCUT2D eigenvalue weighted by Gasteiger charge is 2.47.